The lowest BCUT2D eigenvalue weighted by molar-refractivity contribution is -0.384. The molecule has 1 aromatic carbocycles. The van der Waals surface area contributed by atoms with Gasteiger partial charge in [-0.05, 0) is 17.5 Å². The number of non-ortho nitro benzene ring substituents is 1. The number of amides is 1. The fraction of sp³-hybridized carbons (Fsp3) is 0.118. The summed E-state index contributed by atoms with van der Waals surface area (Å²) in [5.74, 6) is -0.651. The van der Waals surface area contributed by atoms with E-state index in [0.29, 0.717) is 0 Å². The Bertz CT molecular complexity index is 1150. The third-order valence-electron chi connectivity index (χ3n) is 3.84. The summed E-state index contributed by atoms with van der Waals surface area (Å²) in [6.45, 7) is 0.0209. The number of anilines is 1. The molecule has 0 aliphatic rings. The second-order valence-electron chi connectivity index (χ2n) is 5.57. The Hall–Kier alpha value is -3.73. The lowest BCUT2D eigenvalue weighted by Crippen LogP contribution is -2.39. The number of hydrogen-bond donors (Lipinski definition) is 2. The van der Waals surface area contributed by atoms with Crippen molar-refractivity contribution in [2.24, 2.45) is 0 Å². The average Bonchev–Trinajstić information content (AvgIpc) is 3.18. The highest BCUT2D eigenvalue weighted by atomic mass is 32.1. The molecule has 10 nitrogen and oxygen atoms in total. The summed E-state index contributed by atoms with van der Waals surface area (Å²) < 4.78 is 5.99. The monoisotopic (exact) mass is 402 g/mol. The molecule has 2 heterocycles. The number of nitro groups is 1. The zero-order valence-corrected chi connectivity index (χ0v) is 15.3. The highest BCUT2D eigenvalue weighted by Gasteiger charge is 2.19. The van der Waals surface area contributed by atoms with Crippen molar-refractivity contribution >= 4 is 28.6 Å². The molecule has 0 atom stereocenters. The number of aromatic nitrogens is 2. The molecule has 11 heteroatoms. The first kappa shape index (κ1) is 19.0. The molecule has 3 rings (SSSR count). The number of carbonyl (C=O) groups excluding carboxylic acids is 1. The second kappa shape index (κ2) is 7.88. The number of nitro benzene ring substituents is 1. The predicted octanol–water partition coefficient (Wildman–Crippen LogP) is 1.82. The van der Waals surface area contributed by atoms with Crippen LogP contribution in [0.2, 0.25) is 0 Å². The molecule has 0 bridgehead atoms. The molecule has 0 unspecified atom stereocenters. The normalized spacial score (nSPS) is 10.5. The smallest absolute Gasteiger partial charge is 0.328 e. The van der Waals surface area contributed by atoms with Crippen molar-refractivity contribution in [1.82, 2.24) is 9.55 Å². The van der Waals surface area contributed by atoms with Crippen LogP contribution in [0.25, 0.3) is 0 Å². The minimum atomic E-state index is -0.833. The van der Waals surface area contributed by atoms with E-state index in [4.69, 9.17) is 4.74 Å². The number of aromatic amines is 1. The van der Waals surface area contributed by atoms with Gasteiger partial charge in [-0.25, -0.2) is 4.79 Å². The standard InChI is InChI=1S/C17H14N4O6S/c1-27-14-5-4-10(21(25)26)7-13(14)19-15(22)12-8-18-17(24)20(16(12)23)9-11-3-2-6-28-11/h2-8H,9H2,1H3,(H,18,24)(H,19,22). The number of nitrogens with zero attached hydrogens (tertiary/aromatic N) is 2. The largest absolute Gasteiger partial charge is 0.495 e. The van der Waals surface area contributed by atoms with E-state index in [1.807, 2.05) is 0 Å². The topological polar surface area (TPSA) is 136 Å². The lowest BCUT2D eigenvalue weighted by Gasteiger charge is -2.10. The minimum Gasteiger partial charge on any atom is -0.495 e. The van der Waals surface area contributed by atoms with Crippen molar-refractivity contribution in [3.8, 4) is 5.75 Å². The number of ether oxygens (including phenoxy) is 1. The van der Waals surface area contributed by atoms with Gasteiger partial charge in [0, 0.05) is 23.2 Å². The van der Waals surface area contributed by atoms with Crippen LogP contribution in [0.5, 0.6) is 5.75 Å². The van der Waals surface area contributed by atoms with Gasteiger partial charge in [-0.3, -0.25) is 24.3 Å². The molecule has 0 aliphatic carbocycles. The summed E-state index contributed by atoms with van der Waals surface area (Å²) in [6, 6.07) is 7.21. The maximum absolute atomic E-state index is 12.6. The molecule has 144 valence electrons. The zero-order valence-electron chi connectivity index (χ0n) is 14.5. The molecule has 0 fully saturated rings. The van der Waals surface area contributed by atoms with Crippen LogP contribution in [0.1, 0.15) is 15.2 Å². The Labute approximate surface area is 161 Å². The van der Waals surface area contributed by atoms with Crippen molar-refractivity contribution in [3.05, 3.63) is 83.3 Å². The minimum absolute atomic E-state index is 0.0209. The van der Waals surface area contributed by atoms with Gasteiger partial charge in [0.15, 0.2) is 0 Å². The first-order valence-corrected chi connectivity index (χ1v) is 8.77. The van der Waals surface area contributed by atoms with E-state index in [1.54, 1.807) is 17.5 Å². The molecule has 0 saturated carbocycles. The molecule has 28 heavy (non-hydrogen) atoms. The van der Waals surface area contributed by atoms with Crippen LogP contribution in [0.3, 0.4) is 0 Å². The van der Waals surface area contributed by atoms with Gasteiger partial charge in [0.25, 0.3) is 17.2 Å². The number of thiophene rings is 1. The van der Waals surface area contributed by atoms with Crippen molar-refractivity contribution in [2.75, 3.05) is 12.4 Å². The molecule has 0 saturated heterocycles. The maximum atomic E-state index is 12.6. The first-order valence-electron chi connectivity index (χ1n) is 7.89. The molecule has 3 aromatic rings. The van der Waals surface area contributed by atoms with E-state index in [0.717, 1.165) is 21.7 Å². The third kappa shape index (κ3) is 3.83. The predicted molar refractivity (Wildman–Crippen MR) is 102 cm³/mol. The van der Waals surface area contributed by atoms with E-state index < -0.39 is 22.1 Å². The fourth-order valence-corrected chi connectivity index (χ4v) is 3.17. The molecular formula is C17H14N4O6S. The SMILES string of the molecule is COc1ccc([N+](=O)[O-])cc1NC(=O)c1c[nH]c(=O)n(Cc2cccs2)c1=O. The number of rotatable bonds is 6. The number of hydrogen-bond acceptors (Lipinski definition) is 7. The van der Waals surface area contributed by atoms with Gasteiger partial charge in [0.05, 0.1) is 24.3 Å². The average molecular weight is 402 g/mol. The van der Waals surface area contributed by atoms with Crippen molar-refractivity contribution < 1.29 is 14.5 Å². The maximum Gasteiger partial charge on any atom is 0.328 e. The summed E-state index contributed by atoms with van der Waals surface area (Å²) in [4.78, 5) is 50.7. The van der Waals surface area contributed by atoms with E-state index in [9.17, 15) is 24.5 Å². The van der Waals surface area contributed by atoms with E-state index in [1.165, 1.54) is 30.6 Å². The highest BCUT2D eigenvalue weighted by Crippen LogP contribution is 2.29. The summed E-state index contributed by atoms with van der Waals surface area (Å²) in [7, 11) is 1.34. The Balaban J connectivity index is 1.96. The van der Waals surface area contributed by atoms with Crippen LogP contribution in [0.15, 0.2) is 51.5 Å². The number of carbonyl (C=O) groups is 1. The molecule has 0 spiro atoms. The molecular weight excluding hydrogens is 388 g/mol. The van der Waals surface area contributed by atoms with Crippen molar-refractivity contribution in [2.45, 2.75) is 6.54 Å². The Morgan fingerprint density at radius 2 is 2.14 bits per heavy atom. The Kier molecular flexibility index (Phi) is 5.36. The second-order valence-corrected chi connectivity index (χ2v) is 6.61. The summed E-state index contributed by atoms with van der Waals surface area (Å²) >= 11 is 1.37. The quantitative estimate of drug-likeness (QED) is 0.477. The van der Waals surface area contributed by atoms with Crippen molar-refractivity contribution in [1.29, 1.82) is 0 Å². The lowest BCUT2D eigenvalue weighted by atomic mass is 10.2. The molecule has 2 aromatic heterocycles. The van der Waals surface area contributed by atoms with Gasteiger partial charge in [0.1, 0.15) is 11.3 Å². The molecule has 2 N–H and O–H groups in total. The van der Waals surface area contributed by atoms with Crippen LogP contribution < -0.4 is 21.3 Å². The number of benzene rings is 1. The fourth-order valence-electron chi connectivity index (χ4n) is 2.47. The van der Waals surface area contributed by atoms with Gasteiger partial charge >= 0.3 is 5.69 Å². The molecule has 0 aliphatic heterocycles. The van der Waals surface area contributed by atoms with Gasteiger partial charge in [-0.2, -0.15) is 0 Å². The first-order chi connectivity index (χ1) is 13.4. The van der Waals surface area contributed by atoms with E-state index in [2.05, 4.69) is 10.3 Å². The van der Waals surface area contributed by atoms with Gasteiger partial charge in [-0.15, -0.1) is 11.3 Å². The number of methoxy groups -OCH3 is 1. The summed E-state index contributed by atoms with van der Waals surface area (Å²) in [5.41, 5.74) is -1.98. The van der Waals surface area contributed by atoms with Crippen LogP contribution in [0, 0.1) is 10.1 Å². The van der Waals surface area contributed by atoms with E-state index >= 15 is 0 Å². The van der Waals surface area contributed by atoms with Gasteiger partial charge < -0.3 is 15.0 Å². The van der Waals surface area contributed by atoms with Crippen molar-refractivity contribution in [3.63, 3.8) is 0 Å². The zero-order chi connectivity index (χ0) is 20.3. The van der Waals surface area contributed by atoms with Crippen LogP contribution in [-0.2, 0) is 6.54 Å². The highest BCUT2D eigenvalue weighted by molar-refractivity contribution is 7.09. The van der Waals surface area contributed by atoms with Gasteiger partial charge in [0.2, 0.25) is 0 Å². The molecule has 1 amide bonds. The summed E-state index contributed by atoms with van der Waals surface area (Å²) in [5, 5.41) is 15.2. The number of nitrogens with one attached hydrogen (secondary N) is 2. The van der Waals surface area contributed by atoms with Crippen LogP contribution >= 0.6 is 11.3 Å². The summed E-state index contributed by atoms with van der Waals surface area (Å²) in [6.07, 6.45) is 1.01. The van der Waals surface area contributed by atoms with Crippen LogP contribution in [-0.4, -0.2) is 27.5 Å². The van der Waals surface area contributed by atoms with Gasteiger partial charge in [-0.1, -0.05) is 6.07 Å². The Morgan fingerprint density at radius 1 is 1.36 bits per heavy atom. The van der Waals surface area contributed by atoms with Crippen LogP contribution in [0.4, 0.5) is 11.4 Å². The Morgan fingerprint density at radius 3 is 2.79 bits per heavy atom. The third-order valence-corrected chi connectivity index (χ3v) is 4.70. The molecule has 0 radical (unpaired) electrons. The van der Waals surface area contributed by atoms with E-state index in [-0.39, 0.29) is 29.2 Å². The number of H-pyrrole nitrogens is 1.